The van der Waals surface area contributed by atoms with Crippen LogP contribution in [0.2, 0.25) is 5.02 Å². The molecule has 1 aromatic rings. The summed E-state index contributed by atoms with van der Waals surface area (Å²) in [6, 6.07) is 0. The Kier molecular flexibility index (Phi) is 5.76. The molecule has 0 saturated carbocycles. The van der Waals surface area contributed by atoms with Crippen LogP contribution in [0.25, 0.3) is 0 Å². The van der Waals surface area contributed by atoms with Crippen molar-refractivity contribution in [3.63, 3.8) is 0 Å². The van der Waals surface area contributed by atoms with Gasteiger partial charge in [0.1, 0.15) is 0 Å². The lowest BCUT2D eigenvalue weighted by Crippen LogP contribution is -2.30. The molecule has 0 spiro atoms. The predicted molar refractivity (Wildman–Crippen MR) is 81.7 cm³/mol. The maximum Gasteiger partial charge on any atom is 0.271 e. The molecule has 0 radical (unpaired) electrons. The first kappa shape index (κ1) is 16.0. The molecule has 1 aliphatic heterocycles. The van der Waals surface area contributed by atoms with Crippen molar-refractivity contribution in [3.05, 3.63) is 16.9 Å². The minimum Gasteiger partial charge on any atom is -0.396 e. The molecular weight excluding hydrogens is 292 g/mol. The first-order chi connectivity index (χ1) is 10.1. The van der Waals surface area contributed by atoms with Crippen LogP contribution < -0.4 is 10.2 Å². The summed E-state index contributed by atoms with van der Waals surface area (Å²) in [4.78, 5) is 22.7. The average molecular weight is 313 g/mol. The molecule has 1 amide bonds. The summed E-state index contributed by atoms with van der Waals surface area (Å²) in [5, 5.41) is 11.9. The number of rotatable bonds is 6. The van der Waals surface area contributed by atoms with Crippen molar-refractivity contribution < 1.29 is 9.90 Å². The SMILES string of the molecule is CC(CCO)CNC(=O)c1nc(N2CCCC2)ncc1Cl. The van der Waals surface area contributed by atoms with Gasteiger partial charge in [-0.25, -0.2) is 9.97 Å². The zero-order valence-corrected chi connectivity index (χ0v) is 12.9. The number of aliphatic hydroxyl groups excluding tert-OH is 1. The van der Waals surface area contributed by atoms with Crippen molar-refractivity contribution in [1.29, 1.82) is 0 Å². The lowest BCUT2D eigenvalue weighted by atomic mass is 10.1. The molecule has 21 heavy (non-hydrogen) atoms. The maximum absolute atomic E-state index is 12.2. The number of nitrogens with one attached hydrogen (secondary N) is 1. The molecule has 0 aromatic carbocycles. The van der Waals surface area contributed by atoms with E-state index in [-0.39, 0.29) is 29.1 Å². The highest BCUT2D eigenvalue weighted by Gasteiger charge is 2.19. The monoisotopic (exact) mass is 312 g/mol. The molecule has 116 valence electrons. The third-order valence-electron chi connectivity index (χ3n) is 3.57. The van der Waals surface area contributed by atoms with Crippen molar-refractivity contribution in [2.24, 2.45) is 5.92 Å². The van der Waals surface area contributed by atoms with Gasteiger partial charge in [-0.15, -0.1) is 0 Å². The van der Waals surface area contributed by atoms with Crippen molar-refractivity contribution in [2.75, 3.05) is 31.1 Å². The normalized spacial score (nSPS) is 16.0. The van der Waals surface area contributed by atoms with E-state index in [1.54, 1.807) is 0 Å². The van der Waals surface area contributed by atoms with E-state index in [2.05, 4.69) is 20.2 Å². The summed E-state index contributed by atoms with van der Waals surface area (Å²) in [5.74, 6) is 0.468. The lowest BCUT2D eigenvalue weighted by molar-refractivity contribution is 0.0940. The van der Waals surface area contributed by atoms with Gasteiger partial charge in [-0.2, -0.15) is 0 Å². The minimum absolute atomic E-state index is 0.115. The highest BCUT2D eigenvalue weighted by molar-refractivity contribution is 6.33. The molecule has 2 rings (SSSR count). The Balaban J connectivity index is 2.03. The van der Waals surface area contributed by atoms with Gasteiger partial charge in [-0.3, -0.25) is 4.79 Å². The molecule has 0 bridgehead atoms. The fourth-order valence-electron chi connectivity index (χ4n) is 2.26. The number of aliphatic hydroxyl groups is 1. The zero-order chi connectivity index (χ0) is 15.2. The van der Waals surface area contributed by atoms with Crippen LogP contribution in [0, 0.1) is 5.92 Å². The Labute approximate surface area is 129 Å². The number of aromatic nitrogens is 2. The highest BCUT2D eigenvalue weighted by atomic mass is 35.5. The third kappa shape index (κ3) is 4.28. The summed E-state index contributed by atoms with van der Waals surface area (Å²) < 4.78 is 0. The van der Waals surface area contributed by atoms with Crippen LogP contribution in [0.1, 0.15) is 36.7 Å². The number of hydrogen-bond donors (Lipinski definition) is 2. The van der Waals surface area contributed by atoms with Gasteiger partial charge in [-0.05, 0) is 25.2 Å². The fourth-order valence-corrected chi connectivity index (χ4v) is 2.44. The second-order valence-electron chi connectivity index (χ2n) is 5.39. The Hall–Kier alpha value is -1.40. The maximum atomic E-state index is 12.2. The van der Waals surface area contributed by atoms with Crippen molar-refractivity contribution in [3.8, 4) is 0 Å². The number of anilines is 1. The molecule has 0 aliphatic carbocycles. The van der Waals surface area contributed by atoms with E-state index < -0.39 is 0 Å². The number of halogens is 1. The van der Waals surface area contributed by atoms with Crippen molar-refractivity contribution in [2.45, 2.75) is 26.2 Å². The van der Waals surface area contributed by atoms with Crippen LogP contribution in [-0.2, 0) is 0 Å². The molecule has 1 aliphatic rings. The van der Waals surface area contributed by atoms with E-state index in [1.807, 2.05) is 6.92 Å². The molecular formula is C14H21ClN4O2. The van der Waals surface area contributed by atoms with Crippen LogP contribution in [0.3, 0.4) is 0 Å². The number of carbonyl (C=O) groups excluding carboxylic acids is 1. The lowest BCUT2D eigenvalue weighted by Gasteiger charge is -2.16. The van der Waals surface area contributed by atoms with Crippen LogP contribution >= 0.6 is 11.6 Å². The van der Waals surface area contributed by atoms with Gasteiger partial charge >= 0.3 is 0 Å². The molecule has 1 unspecified atom stereocenters. The number of nitrogens with zero attached hydrogens (tertiary/aromatic N) is 3. The number of hydrogen-bond acceptors (Lipinski definition) is 5. The van der Waals surface area contributed by atoms with Crippen LogP contribution in [0.4, 0.5) is 5.95 Å². The quantitative estimate of drug-likeness (QED) is 0.832. The smallest absolute Gasteiger partial charge is 0.271 e. The van der Waals surface area contributed by atoms with E-state index in [0.717, 1.165) is 25.9 Å². The van der Waals surface area contributed by atoms with E-state index in [4.69, 9.17) is 16.7 Å². The van der Waals surface area contributed by atoms with E-state index in [0.29, 0.717) is 18.9 Å². The standard InChI is InChI=1S/C14H21ClN4O2/c1-10(4-7-20)8-16-13(21)12-11(15)9-17-14(18-12)19-5-2-3-6-19/h9-10,20H,2-8H2,1H3,(H,16,21). The van der Waals surface area contributed by atoms with Crippen molar-refractivity contribution in [1.82, 2.24) is 15.3 Å². The Morgan fingerprint density at radius 2 is 2.24 bits per heavy atom. The van der Waals surface area contributed by atoms with Gasteiger partial charge in [-0.1, -0.05) is 18.5 Å². The summed E-state index contributed by atoms with van der Waals surface area (Å²) in [6.07, 6.45) is 4.36. The Morgan fingerprint density at radius 1 is 1.52 bits per heavy atom. The molecule has 2 heterocycles. The van der Waals surface area contributed by atoms with Gasteiger partial charge in [0, 0.05) is 26.2 Å². The summed E-state index contributed by atoms with van der Waals surface area (Å²) in [5.41, 5.74) is 0.213. The largest absolute Gasteiger partial charge is 0.396 e. The van der Waals surface area contributed by atoms with E-state index in [1.165, 1.54) is 6.20 Å². The highest BCUT2D eigenvalue weighted by Crippen LogP contribution is 2.19. The average Bonchev–Trinajstić information content (AvgIpc) is 3.00. The topological polar surface area (TPSA) is 78.3 Å². The fraction of sp³-hybridized carbons (Fsp3) is 0.643. The van der Waals surface area contributed by atoms with Crippen molar-refractivity contribution >= 4 is 23.5 Å². The summed E-state index contributed by atoms with van der Waals surface area (Å²) >= 11 is 6.03. The molecule has 2 N–H and O–H groups in total. The molecule has 1 fully saturated rings. The van der Waals surface area contributed by atoms with Crippen LogP contribution in [0.5, 0.6) is 0 Å². The van der Waals surface area contributed by atoms with Crippen LogP contribution in [0.15, 0.2) is 6.20 Å². The summed E-state index contributed by atoms with van der Waals surface area (Å²) in [7, 11) is 0. The first-order valence-corrected chi connectivity index (χ1v) is 7.66. The minimum atomic E-state index is -0.298. The van der Waals surface area contributed by atoms with Gasteiger partial charge < -0.3 is 15.3 Å². The van der Waals surface area contributed by atoms with E-state index in [9.17, 15) is 4.79 Å². The number of carbonyl (C=O) groups is 1. The zero-order valence-electron chi connectivity index (χ0n) is 12.2. The van der Waals surface area contributed by atoms with Gasteiger partial charge in [0.25, 0.3) is 5.91 Å². The number of amides is 1. The Bertz CT molecular complexity index is 492. The second kappa shape index (κ2) is 7.56. The molecule has 1 aromatic heterocycles. The van der Waals surface area contributed by atoms with E-state index >= 15 is 0 Å². The summed E-state index contributed by atoms with van der Waals surface area (Å²) in [6.45, 7) is 4.39. The first-order valence-electron chi connectivity index (χ1n) is 7.28. The molecule has 6 nitrogen and oxygen atoms in total. The van der Waals surface area contributed by atoms with Gasteiger partial charge in [0.15, 0.2) is 5.69 Å². The Morgan fingerprint density at radius 3 is 2.90 bits per heavy atom. The van der Waals surface area contributed by atoms with Crippen LogP contribution in [-0.4, -0.2) is 47.2 Å². The predicted octanol–water partition coefficient (Wildman–Crippen LogP) is 1.48. The molecule has 1 atom stereocenters. The third-order valence-corrected chi connectivity index (χ3v) is 3.84. The van der Waals surface area contributed by atoms with Gasteiger partial charge in [0.05, 0.1) is 11.2 Å². The molecule has 7 heteroatoms. The van der Waals surface area contributed by atoms with Gasteiger partial charge in [0.2, 0.25) is 5.95 Å². The second-order valence-corrected chi connectivity index (χ2v) is 5.80. The molecule has 1 saturated heterocycles.